The highest BCUT2D eigenvalue weighted by atomic mass is 16.6. The van der Waals surface area contributed by atoms with Crippen LogP contribution in [0.2, 0.25) is 0 Å². The maximum Gasteiger partial charge on any atom is 0.293 e. The number of nitro groups is 1. The molecule has 3 N–H and O–H groups in total. The molecule has 0 fully saturated rings. The van der Waals surface area contributed by atoms with Crippen molar-refractivity contribution >= 4 is 17.7 Å². The molecule has 7 nitrogen and oxygen atoms in total. The molecule has 1 aromatic carbocycles. The smallest absolute Gasteiger partial charge is 0.293 e. The first kappa shape index (κ1) is 15.1. The van der Waals surface area contributed by atoms with Gasteiger partial charge < -0.3 is 15.5 Å². The first-order chi connectivity index (χ1) is 9.01. The number of carbonyl (C=O) groups excluding carboxylic acids is 1. The molecule has 0 amide bonds. The van der Waals surface area contributed by atoms with E-state index in [2.05, 4.69) is 5.32 Å². The predicted octanol–water partition coefficient (Wildman–Crippen LogP) is 0.953. The van der Waals surface area contributed by atoms with Crippen LogP contribution in [0.3, 0.4) is 0 Å². The average molecular weight is 268 g/mol. The van der Waals surface area contributed by atoms with Crippen molar-refractivity contribution in [3.05, 3.63) is 33.9 Å². The zero-order valence-electron chi connectivity index (χ0n) is 10.5. The van der Waals surface area contributed by atoms with Crippen LogP contribution in [0.5, 0.6) is 0 Å². The van der Waals surface area contributed by atoms with Crippen LogP contribution in [0.25, 0.3) is 0 Å². The molecular weight excluding hydrogens is 252 g/mol. The predicted molar refractivity (Wildman–Crippen MR) is 69.3 cm³/mol. The zero-order valence-corrected chi connectivity index (χ0v) is 10.5. The number of nitro benzene ring substituents is 1. The quantitative estimate of drug-likeness (QED) is 0.385. The van der Waals surface area contributed by atoms with E-state index in [4.69, 9.17) is 0 Å². The molecule has 104 valence electrons. The van der Waals surface area contributed by atoms with E-state index in [1.165, 1.54) is 12.1 Å². The van der Waals surface area contributed by atoms with Gasteiger partial charge in [-0.25, -0.2) is 0 Å². The Morgan fingerprint density at radius 2 is 2.05 bits per heavy atom. The molecule has 0 saturated carbocycles. The third-order valence-corrected chi connectivity index (χ3v) is 3.04. The Bertz CT molecular complexity index is 463. The Balaban J connectivity index is 3.19. The third-order valence-electron chi connectivity index (χ3n) is 3.04. The fourth-order valence-corrected chi connectivity index (χ4v) is 1.61. The first-order valence-corrected chi connectivity index (χ1v) is 5.75. The van der Waals surface area contributed by atoms with Crippen molar-refractivity contribution in [2.45, 2.75) is 18.9 Å². The van der Waals surface area contributed by atoms with Gasteiger partial charge in [0.05, 0.1) is 23.7 Å². The summed E-state index contributed by atoms with van der Waals surface area (Å²) in [6.07, 6.45) is 0.897. The standard InChI is InChI=1S/C12H16N2O5/c1-2-12(7-16,8-17)13-10-4-3-9(6-15)5-11(10)14(18)19/h3-6,13,16-17H,2,7-8H2,1H3. The fourth-order valence-electron chi connectivity index (χ4n) is 1.61. The van der Waals surface area contributed by atoms with E-state index in [0.29, 0.717) is 12.7 Å². The highest BCUT2D eigenvalue weighted by Crippen LogP contribution is 2.28. The number of aliphatic hydroxyl groups excluding tert-OH is 2. The van der Waals surface area contributed by atoms with Crippen molar-refractivity contribution in [1.82, 2.24) is 0 Å². The Morgan fingerprint density at radius 1 is 1.42 bits per heavy atom. The summed E-state index contributed by atoms with van der Waals surface area (Å²) in [5.74, 6) is 0. The normalized spacial score (nSPS) is 11.1. The van der Waals surface area contributed by atoms with Gasteiger partial charge in [-0.1, -0.05) is 6.92 Å². The number of aldehydes is 1. The minimum atomic E-state index is -1.03. The molecule has 7 heteroatoms. The molecule has 1 aromatic rings. The second kappa shape index (κ2) is 6.26. The summed E-state index contributed by atoms with van der Waals surface area (Å²) in [6, 6.07) is 3.96. The van der Waals surface area contributed by atoms with Crippen molar-refractivity contribution in [2.24, 2.45) is 0 Å². The summed E-state index contributed by atoms with van der Waals surface area (Å²) in [6.45, 7) is 1.00. The summed E-state index contributed by atoms with van der Waals surface area (Å²) in [4.78, 5) is 21.0. The van der Waals surface area contributed by atoms with Gasteiger partial charge >= 0.3 is 0 Å². The maximum atomic E-state index is 11.0. The molecule has 0 aliphatic heterocycles. The number of hydrogen-bond acceptors (Lipinski definition) is 6. The molecule has 0 aliphatic carbocycles. The molecule has 0 saturated heterocycles. The summed E-state index contributed by atoms with van der Waals surface area (Å²) in [7, 11) is 0. The second-order valence-corrected chi connectivity index (χ2v) is 4.23. The van der Waals surface area contributed by atoms with Crippen LogP contribution in [0.15, 0.2) is 18.2 Å². The highest BCUT2D eigenvalue weighted by molar-refractivity contribution is 5.79. The molecule has 0 aliphatic rings. The Hall–Kier alpha value is -1.99. The van der Waals surface area contributed by atoms with Gasteiger partial charge in [0, 0.05) is 11.6 Å². The van der Waals surface area contributed by atoms with Crippen molar-refractivity contribution < 1.29 is 19.9 Å². The van der Waals surface area contributed by atoms with E-state index in [0.717, 1.165) is 6.07 Å². The van der Waals surface area contributed by atoms with Crippen LogP contribution in [0.1, 0.15) is 23.7 Å². The molecule has 0 spiro atoms. The van der Waals surface area contributed by atoms with E-state index >= 15 is 0 Å². The minimum absolute atomic E-state index is 0.153. The van der Waals surface area contributed by atoms with E-state index in [-0.39, 0.29) is 30.2 Å². The number of rotatable bonds is 7. The van der Waals surface area contributed by atoms with Crippen LogP contribution in [-0.4, -0.2) is 40.2 Å². The summed E-state index contributed by atoms with van der Waals surface area (Å²) < 4.78 is 0. The van der Waals surface area contributed by atoms with Gasteiger partial charge in [0.2, 0.25) is 0 Å². The molecule has 0 radical (unpaired) electrons. The minimum Gasteiger partial charge on any atom is -0.394 e. The summed E-state index contributed by atoms with van der Waals surface area (Å²) in [5.41, 5.74) is -0.967. The average Bonchev–Trinajstić information content (AvgIpc) is 2.45. The van der Waals surface area contributed by atoms with E-state index in [1.54, 1.807) is 6.92 Å². The van der Waals surface area contributed by atoms with Crippen LogP contribution < -0.4 is 5.32 Å². The van der Waals surface area contributed by atoms with Gasteiger partial charge in [-0.15, -0.1) is 0 Å². The molecule has 19 heavy (non-hydrogen) atoms. The van der Waals surface area contributed by atoms with E-state index < -0.39 is 10.5 Å². The van der Waals surface area contributed by atoms with E-state index in [1.807, 2.05) is 0 Å². The van der Waals surface area contributed by atoms with Gasteiger partial charge in [-0.3, -0.25) is 14.9 Å². The molecule has 1 rings (SSSR count). The topological polar surface area (TPSA) is 113 Å². The van der Waals surface area contributed by atoms with Crippen molar-refractivity contribution in [2.75, 3.05) is 18.5 Å². The van der Waals surface area contributed by atoms with Crippen LogP contribution in [-0.2, 0) is 0 Å². The van der Waals surface area contributed by atoms with Gasteiger partial charge in [-0.05, 0) is 18.6 Å². The van der Waals surface area contributed by atoms with Crippen molar-refractivity contribution in [3.8, 4) is 0 Å². The molecule has 0 heterocycles. The lowest BCUT2D eigenvalue weighted by atomic mass is 9.97. The fraction of sp³-hybridized carbons (Fsp3) is 0.417. The van der Waals surface area contributed by atoms with Gasteiger partial charge in [-0.2, -0.15) is 0 Å². The number of hydrogen-bond donors (Lipinski definition) is 3. The lowest BCUT2D eigenvalue weighted by Crippen LogP contribution is -2.45. The molecule has 0 atom stereocenters. The SMILES string of the molecule is CCC(CO)(CO)Nc1ccc(C=O)cc1[N+](=O)[O-]. The molecule has 0 bridgehead atoms. The number of aliphatic hydroxyl groups is 2. The molecule has 0 aromatic heterocycles. The zero-order chi connectivity index (χ0) is 14.5. The largest absolute Gasteiger partial charge is 0.394 e. The van der Waals surface area contributed by atoms with Gasteiger partial charge in [0.25, 0.3) is 5.69 Å². The molecule has 0 unspecified atom stereocenters. The Kier molecular flexibility index (Phi) is 4.96. The van der Waals surface area contributed by atoms with Gasteiger partial charge in [0.1, 0.15) is 12.0 Å². The van der Waals surface area contributed by atoms with Crippen LogP contribution in [0.4, 0.5) is 11.4 Å². The van der Waals surface area contributed by atoms with Crippen LogP contribution >= 0.6 is 0 Å². The van der Waals surface area contributed by atoms with Crippen molar-refractivity contribution in [1.29, 1.82) is 0 Å². The third kappa shape index (κ3) is 3.27. The van der Waals surface area contributed by atoms with Crippen LogP contribution in [0, 0.1) is 10.1 Å². The number of carbonyl (C=O) groups is 1. The monoisotopic (exact) mass is 268 g/mol. The lowest BCUT2D eigenvalue weighted by Gasteiger charge is -2.30. The summed E-state index contributed by atoms with van der Waals surface area (Å²) in [5, 5.41) is 32.4. The van der Waals surface area contributed by atoms with Gasteiger partial charge in [0.15, 0.2) is 0 Å². The second-order valence-electron chi connectivity index (χ2n) is 4.23. The first-order valence-electron chi connectivity index (χ1n) is 5.75. The number of benzene rings is 1. The molecular formula is C12H16N2O5. The number of anilines is 1. The Labute approximate surface area is 110 Å². The maximum absolute atomic E-state index is 11.0. The van der Waals surface area contributed by atoms with Crippen molar-refractivity contribution in [3.63, 3.8) is 0 Å². The number of nitrogens with zero attached hydrogens (tertiary/aromatic N) is 1. The highest BCUT2D eigenvalue weighted by Gasteiger charge is 2.29. The number of nitrogens with one attached hydrogen (secondary N) is 1. The Morgan fingerprint density at radius 3 is 2.47 bits per heavy atom. The van der Waals surface area contributed by atoms with E-state index in [9.17, 15) is 25.1 Å². The summed E-state index contributed by atoms with van der Waals surface area (Å²) >= 11 is 0. The lowest BCUT2D eigenvalue weighted by molar-refractivity contribution is -0.384.